The minimum atomic E-state index is 0.0874. The van der Waals surface area contributed by atoms with Crippen LogP contribution >= 0.6 is 23.1 Å². The quantitative estimate of drug-likeness (QED) is 0.805. The van der Waals surface area contributed by atoms with Crippen LogP contribution in [0.15, 0.2) is 28.6 Å². The molecule has 8 heteroatoms. The van der Waals surface area contributed by atoms with Crippen LogP contribution in [0.3, 0.4) is 0 Å². The van der Waals surface area contributed by atoms with Gasteiger partial charge in [0.2, 0.25) is 11.0 Å². The Morgan fingerprint density at radius 1 is 1.36 bits per heavy atom. The molecule has 1 saturated heterocycles. The summed E-state index contributed by atoms with van der Waals surface area (Å²) in [7, 11) is 0. The minimum Gasteiger partial charge on any atom is -0.372 e. The van der Waals surface area contributed by atoms with Gasteiger partial charge in [0.25, 0.3) is 0 Å². The van der Waals surface area contributed by atoms with Crippen molar-refractivity contribution in [2.75, 3.05) is 24.2 Å². The number of rotatable bonds is 5. The predicted molar refractivity (Wildman–Crippen MR) is 102 cm³/mol. The van der Waals surface area contributed by atoms with Crippen molar-refractivity contribution >= 4 is 39.8 Å². The molecule has 1 aromatic carbocycles. The van der Waals surface area contributed by atoms with Crippen LogP contribution in [0.5, 0.6) is 0 Å². The second-order valence-electron chi connectivity index (χ2n) is 6.21. The predicted octanol–water partition coefficient (Wildman–Crippen LogP) is 3.32. The molecule has 0 saturated carbocycles. The Morgan fingerprint density at radius 3 is 2.84 bits per heavy atom. The van der Waals surface area contributed by atoms with E-state index < -0.39 is 0 Å². The SMILES string of the molecule is Cc1cccc(Nc2nnc(SCC(=O)N3C[C@H](C)O[C@@H](C)C3)s2)c1. The highest BCUT2D eigenvalue weighted by molar-refractivity contribution is 8.01. The second kappa shape index (κ2) is 8.16. The molecule has 1 aliphatic rings. The number of aryl methyl sites for hydroxylation is 1. The Bertz CT molecular complexity index is 727. The lowest BCUT2D eigenvalue weighted by molar-refractivity contribution is -0.140. The molecular formula is C17H22N4O2S2. The van der Waals surface area contributed by atoms with Gasteiger partial charge >= 0.3 is 0 Å². The van der Waals surface area contributed by atoms with Gasteiger partial charge in [-0.1, -0.05) is 35.2 Å². The van der Waals surface area contributed by atoms with Crippen molar-refractivity contribution in [3.63, 3.8) is 0 Å². The second-order valence-corrected chi connectivity index (χ2v) is 8.41. The molecule has 1 aliphatic heterocycles. The first kappa shape index (κ1) is 18.2. The fourth-order valence-corrected chi connectivity index (χ4v) is 4.44. The van der Waals surface area contributed by atoms with Gasteiger partial charge in [-0.05, 0) is 38.5 Å². The maximum Gasteiger partial charge on any atom is 0.233 e. The van der Waals surface area contributed by atoms with E-state index in [0.717, 1.165) is 15.2 Å². The van der Waals surface area contributed by atoms with Crippen molar-refractivity contribution in [2.45, 2.75) is 37.3 Å². The molecule has 0 bridgehead atoms. The third kappa shape index (κ3) is 5.17. The molecule has 1 fully saturated rings. The molecule has 0 unspecified atom stereocenters. The number of carbonyl (C=O) groups is 1. The van der Waals surface area contributed by atoms with Gasteiger partial charge in [-0.3, -0.25) is 4.79 Å². The van der Waals surface area contributed by atoms with Crippen LogP contribution in [0.1, 0.15) is 19.4 Å². The number of morpholine rings is 1. The standard InChI is InChI=1S/C17H22N4O2S2/c1-11-5-4-6-14(7-11)18-16-19-20-17(25-16)24-10-15(22)21-8-12(2)23-13(3)9-21/h4-7,12-13H,8-10H2,1-3H3,(H,18,19)/t12-,13-/m0/s1. The zero-order valence-corrected chi connectivity index (χ0v) is 16.2. The number of anilines is 2. The smallest absolute Gasteiger partial charge is 0.233 e. The number of nitrogens with one attached hydrogen (secondary N) is 1. The van der Waals surface area contributed by atoms with Gasteiger partial charge in [0, 0.05) is 18.8 Å². The fourth-order valence-electron chi connectivity index (χ4n) is 2.76. The zero-order chi connectivity index (χ0) is 17.8. The molecule has 0 aliphatic carbocycles. The monoisotopic (exact) mass is 378 g/mol. The van der Waals surface area contributed by atoms with Crippen LogP contribution in [0.25, 0.3) is 0 Å². The third-order valence-corrected chi connectivity index (χ3v) is 5.72. The number of hydrogen-bond donors (Lipinski definition) is 1. The van der Waals surface area contributed by atoms with Crippen LogP contribution in [0.4, 0.5) is 10.8 Å². The van der Waals surface area contributed by atoms with Gasteiger partial charge in [-0.15, -0.1) is 10.2 Å². The van der Waals surface area contributed by atoms with Gasteiger partial charge in [0.1, 0.15) is 0 Å². The van der Waals surface area contributed by atoms with E-state index in [9.17, 15) is 4.79 Å². The fraction of sp³-hybridized carbons (Fsp3) is 0.471. The summed E-state index contributed by atoms with van der Waals surface area (Å²) in [5, 5.41) is 12.3. The molecular weight excluding hydrogens is 356 g/mol. The van der Waals surface area contributed by atoms with E-state index in [2.05, 4.69) is 21.6 Å². The van der Waals surface area contributed by atoms with Gasteiger partial charge < -0.3 is 15.0 Å². The lowest BCUT2D eigenvalue weighted by Gasteiger charge is -2.35. The van der Waals surface area contributed by atoms with Crippen molar-refractivity contribution < 1.29 is 9.53 Å². The van der Waals surface area contributed by atoms with E-state index >= 15 is 0 Å². The minimum absolute atomic E-state index is 0.0874. The summed E-state index contributed by atoms with van der Waals surface area (Å²) in [6, 6.07) is 8.09. The highest BCUT2D eigenvalue weighted by Gasteiger charge is 2.25. The number of amides is 1. The van der Waals surface area contributed by atoms with Gasteiger partial charge in [0.05, 0.1) is 18.0 Å². The van der Waals surface area contributed by atoms with Crippen molar-refractivity contribution in [1.29, 1.82) is 0 Å². The van der Waals surface area contributed by atoms with E-state index in [1.54, 1.807) is 0 Å². The van der Waals surface area contributed by atoms with Crippen LogP contribution in [0.2, 0.25) is 0 Å². The molecule has 2 aromatic rings. The molecule has 134 valence electrons. The Kier molecular flexibility index (Phi) is 5.93. The van der Waals surface area contributed by atoms with E-state index in [1.807, 2.05) is 43.9 Å². The summed E-state index contributed by atoms with van der Waals surface area (Å²) >= 11 is 2.89. The summed E-state index contributed by atoms with van der Waals surface area (Å²) in [5.41, 5.74) is 2.17. The number of ether oxygens (including phenoxy) is 1. The maximum absolute atomic E-state index is 12.4. The Labute approximate surface area is 156 Å². The van der Waals surface area contributed by atoms with E-state index in [-0.39, 0.29) is 18.1 Å². The highest BCUT2D eigenvalue weighted by Crippen LogP contribution is 2.28. The average molecular weight is 379 g/mol. The lowest BCUT2D eigenvalue weighted by atomic mass is 10.2. The summed E-state index contributed by atoms with van der Waals surface area (Å²) in [6.45, 7) is 7.35. The van der Waals surface area contributed by atoms with Crippen LogP contribution in [-0.2, 0) is 9.53 Å². The molecule has 1 amide bonds. The summed E-state index contributed by atoms with van der Waals surface area (Å²) < 4.78 is 6.46. The molecule has 2 atom stereocenters. The topological polar surface area (TPSA) is 67.4 Å². The molecule has 25 heavy (non-hydrogen) atoms. The van der Waals surface area contributed by atoms with Gasteiger partial charge in [-0.2, -0.15) is 0 Å². The first-order valence-electron chi connectivity index (χ1n) is 8.23. The molecule has 0 radical (unpaired) electrons. The number of thioether (sulfide) groups is 1. The van der Waals surface area contributed by atoms with Crippen molar-refractivity contribution in [3.8, 4) is 0 Å². The van der Waals surface area contributed by atoms with Crippen molar-refractivity contribution in [3.05, 3.63) is 29.8 Å². The number of benzene rings is 1. The third-order valence-electron chi connectivity index (χ3n) is 3.77. The molecule has 2 heterocycles. The van der Waals surface area contributed by atoms with Crippen LogP contribution in [-0.4, -0.2) is 52.1 Å². The van der Waals surface area contributed by atoms with Gasteiger partial charge in [0.15, 0.2) is 4.34 Å². The number of hydrogen-bond acceptors (Lipinski definition) is 7. The maximum atomic E-state index is 12.4. The number of nitrogens with zero attached hydrogens (tertiary/aromatic N) is 3. The highest BCUT2D eigenvalue weighted by atomic mass is 32.2. The van der Waals surface area contributed by atoms with E-state index in [4.69, 9.17) is 4.74 Å². The normalized spacial score (nSPS) is 20.5. The summed E-state index contributed by atoms with van der Waals surface area (Å²) in [4.78, 5) is 14.3. The number of carbonyl (C=O) groups excluding carboxylic acids is 1. The summed E-state index contributed by atoms with van der Waals surface area (Å²) in [6.07, 6.45) is 0.175. The largest absolute Gasteiger partial charge is 0.372 e. The average Bonchev–Trinajstić information content (AvgIpc) is 2.99. The molecule has 3 rings (SSSR count). The Morgan fingerprint density at radius 2 is 2.12 bits per heavy atom. The molecule has 0 spiro atoms. The molecule has 1 aromatic heterocycles. The Hall–Kier alpha value is -1.64. The first-order chi connectivity index (χ1) is 12.0. The van der Waals surface area contributed by atoms with E-state index in [1.165, 1.54) is 28.7 Å². The van der Waals surface area contributed by atoms with Crippen LogP contribution < -0.4 is 5.32 Å². The van der Waals surface area contributed by atoms with Gasteiger partial charge in [-0.25, -0.2) is 0 Å². The van der Waals surface area contributed by atoms with Crippen molar-refractivity contribution in [1.82, 2.24) is 15.1 Å². The van der Waals surface area contributed by atoms with Crippen molar-refractivity contribution in [2.24, 2.45) is 0 Å². The summed E-state index contributed by atoms with van der Waals surface area (Å²) in [5.74, 6) is 0.494. The number of aromatic nitrogens is 2. The zero-order valence-electron chi connectivity index (χ0n) is 14.6. The Balaban J connectivity index is 1.52. The van der Waals surface area contributed by atoms with Crippen LogP contribution in [0, 0.1) is 6.92 Å². The molecule has 1 N–H and O–H groups in total. The lowest BCUT2D eigenvalue weighted by Crippen LogP contribution is -2.48. The molecule has 6 nitrogen and oxygen atoms in total. The first-order valence-corrected chi connectivity index (χ1v) is 10.0. The van der Waals surface area contributed by atoms with E-state index in [0.29, 0.717) is 18.8 Å².